The molecule has 0 saturated heterocycles. The summed E-state index contributed by atoms with van der Waals surface area (Å²) in [5.41, 5.74) is 0.528. The molecule has 0 aliphatic heterocycles. The van der Waals surface area contributed by atoms with Gasteiger partial charge in [0.05, 0.1) is 0 Å². The molecule has 0 unspecified atom stereocenters. The van der Waals surface area contributed by atoms with Gasteiger partial charge in [-0.3, -0.25) is 0 Å². The van der Waals surface area contributed by atoms with Gasteiger partial charge in [-0.1, -0.05) is 5.16 Å². The summed E-state index contributed by atoms with van der Waals surface area (Å²) in [6.45, 7) is 0. The molecule has 8 heavy (non-hydrogen) atoms. The summed E-state index contributed by atoms with van der Waals surface area (Å²) in [6, 6.07) is 0. The van der Waals surface area contributed by atoms with Gasteiger partial charge in [0.1, 0.15) is 5.69 Å². The van der Waals surface area contributed by atoms with Gasteiger partial charge in [0, 0.05) is 0 Å². The van der Waals surface area contributed by atoms with Crippen LogP contribution in [0.2, 0.25) is 0 Å². The molecular weight excluding hydrogens is 106 g/mol. The van der Waals surface area contributed by atoms with E-state index in [2.05, 4.69) is 9.68 Å². The standard InChI is InChI=1S/C5H3NO2/c7-5-3-1-2-4(5)8-6-3/h1-2,7H. The third-order valence-electron chi connectivity index (χ3n) is 1.11. The van der Waals surface area contributed by atoms with Crippen LogP contribution < -0.4 is 0 Å². The summed E-state index contributed by atoms with van der Waals surface area (Å²) >= 11 is 0. The Morgan fingerprint density at radius 1 is 1.50 bits per heavy atom. The van der Waals surface area contributed by atoms with Crippen molar-refractivity contribution in [1.29, 1.82) is 0 Å². The molecule has 0 saturated carbocycles. The fraction of sp³-hybridized carbons (Fsp3) is 0. The van der Waals surface area contributed by atoms with Crippen molar-refractivity contribution in [3.8, 4) is 5.75 Å². The lowest BCUT2D eigenvalue weighted by Crippen LogP contribution is -1.65. The Hall–Kier alpha value is -1.25. The third-order valence-corrected chi connectivity index (χ3v) is 1.11. The first kappa shape index (κ1) is 3.72. The van der Waals surface area contributed by atoms with Gasteiger partial charge < -0.3 is 9.63 Å². The van der Waals surface area contributed by atoms with Gasteiger partial charge in [0.25, 0.3) is 0 Å². The highest BCUT2D eigenvalue weighted by Crippen LogP contribution is 2.30. The molecule has 1 aromatic rings. The number of hydrogen-bond acceptors (Lipinski definition) is 3. The summed E-state index contributed by atoms with van der Waals surface area (Å²) in [5, 5.41) is 12.4. The quantitative estimate of drug-likeness (QED) is 0.545. The van der Waals surface area contributed by atoms with Crippen molar-refractivity contribution < 1.29 is 9.63 Å². The summed E-state index contributed by atoms with van der Waals surface area (Å²) in [7, 11) is 0. The van der Waals surface area contributed by atoms with Crippen LogP contribution in [0.3, 0.4) is 0 Å². The maximum atomic E-state index is 8.89. The molecule has 3 nitrogen and oxygen atoms in total. The van der Waals surface area contributed by atoms with Crippen LogP contribution in [0.25, 0.3) is 12.2 Å². The van der Waals surface area contributed by atoms with E-state index in [1.807, 2.05) is 0 Å². The van der Waals surface area contributed by atoms with Crippen molar-refractivity contribution in [3.63, 3.8) is 0 Å². The second kappa shape index (κ2) is 0.940. The molecule has 1 heterocycles. The Kier molecular flexibility index (Phi) is 0.436. The van der Waals surface area contributed by atoms with Gasteiger partial charge >= 0.3 is 0 Å². The fourth-order valence-electron chi connectivity index (χ4n) is 0.684. The summed E-state index contributed by atoms with van der Waals surface area (Å²) < 4.78 is 4.59. The Morgan fingerprint density at radius 3 is 2.50 bits per heavy atom. The molecule has 3 heteroatoms. The lowest BCUT2D eigenvalue weighted by atomic mass is 10.5. The number of rotatable bonds is 0. The van der Waals surface area contributed by atoms with Crippen LogP contribution in [-0.4, -0.2) is 10.3 Å². The SMILES string of the molecule is Oc1c2noc1C=C2. The monoisotopic (exact) mass is 109 g/mol. The van der Waals surface area contributed by atoms with E-state index in [1.165, 1.54) is 0 Å². The number of fused-ring (bicyclic) bond motifs is 2. The maximum Gasteiger partial charge on any atom is 0.202 e. The van der Waals surface area contributed by atoms with E-state index in [0.29, 0.717) is 11.5 Å². The topological polar surface area (TPSA) is 46.3 Å². The van der Waals surface area contributed by atoms with E-state index in [4.69, 9.17) is 5.11 Å². The largest absolute Gasteiger partial charge is 0.503 e. The Bertz CT molecular complexity index is 225. The zero-order valence-corrected chi connectivity index (χ0v) is 3.96. The summed E-state index contributed by atoms with van der Waals surface area (Å²) in [4.78, 5) is 0. The number of aromatic nitrogens is 1. The van der Waals surface area contributed by atoms with Gasteiger partial charge in [-0.05, 0) is 12.2 Å². The third kappa shape index (κ3) is 0.238. The molecule has 1 aliphatic rings. The fourth-order valence-corrected chi connectivity index (χ4v) is 0.684. The van der Waals surface area contributed by atoms with Crippen LogP contribution in [-0.2, 0) is 0 Å². The maximum absolute atomic E-state index is 8.89. The van der Waals surface area contributed by atoms with E-state index >= 15 is 0 Å². The zero-order chi connectivity index (χ0) is 5.56. The van der Waals surface area contributed by atoms with Crippen molar-refractivity contribution >= 4 is 12.2 Å². The number of hydrogen-bond donors (Lipinski definition) is 1. The minimum atomic E-state index is 0.157. The number of nitrogens with zero attached hydrogens (tertiary/aromatic N) is 1. The van der Waals surface area contributed by atoms with E-state index < -0.39 is 0 Å². The second-order valence-corrected chi connectivity index (χ2v) is 1.61. The minimum absolute atomic E-state index is 0.157. The highest BCUT2D eigenvalue weighted by atomic mass is 16.5. The van der Waals surface area contributed by atoms with Crippen LogP contribution in [0.1, 0.15) is 11.5 Å². The first-order valence-corrected chi connectivity index (χ1v) is 2.24. The molecule has 1 aliphatic carbocycles. The molecule has 0 fully saturated rings. The Balaban J connectivity index is 2.85. The number of aromatic hydroxyl groups is 1. The smallest absolute Gasteiger partial charge is 0.202 e. The lowest BCUT2D eigenvalue weighted by molar-refractivity contribution is 0.398. The van der Waals surface area contributed by atoms with Gasteiger partial charge in [0.2, 0.25) is 5.76 Å². The van der Waals surface area contributed by atoms with Crippen LogP contribution in [0.4, 0.5) is 0 Å². The van der Waals surface area contributed by atoms with Crippen LogP contribution in [0.15, 0.2) is 4.52 Å². The van der Waals surface area contributed by atoms with Gasteiger partial charge in [0.15, 0.2) is 5.75 Å². The van der Waals surface area contributed by atoms with Crippen molar-refractivity contribution in [2.24, 2.45) is 0 Å². The highest BCUT2D eigenvalue weighted by Gasteiger charge is 2.15. The second-order valence-electron chi connectivity index (χ2n) is 1.61. The van der Waals surface area contributed by atoms with Crippen molar-refractivity contribution in [2.75, 3.05) is 0 Å². The molecule has 0 atom stereocenters. The van der Waals surface area contributed by atoms with Gasteiger partial charge in [-0.25, -0.2) is 0 Å². The van der Waals surface area contributed by atoms with E-state index in [1.54, 1.807) is 12.2 Å². The van der Waals surface area contributed by atoms with Crippen molar-refractivity contribution in [2.45, 2.75) is 0 Å². The molecule has 1 aromatic heterocycles. The van der Waals surface area contributed by atoms with Crippen LogP contribution >= 0.6 is 0 Å². The van der Waals surface area contributed by atoms with E-state index in [0.717, 1.165) is 0 Å². The molecule has 40 valence electrons. The summed E-state index contributed by atoms with van der Waals surface area (Å²) in [5.74, 6) is 0.616. The zero-order valence-electron chi connectivity index (χ0n) is 3.96. The molecule has 2 rings (SSSR count). The van der Waals surface area contributed by atoms with Crippen molar-refractivity contribution in [3.05, 3.63) is 11.5 Å². The predicted molar refractivity (Wildman–Crippen MR) is 27.1 cm³/mol. The first-order valence-electron chi connectivity index (χ1n) is 2.24. The average molecular weight is 109 g/mol. The average Bonchev–Trinajstić information content (AvgIpc) is 2.29. The van der Waals surface area contributed by atoms with Crippen molar-refractivity contribution in [1.82, 2.24) is 5.16 Å². The Labute approximate surface area is 45.2 Å². The normalized spacial score (nSPS) is 13.0. The lowest BCUT2D eigenvalue weighted by Gasteiger charge is -1.75. The minimum Gasteiger partial charge on any atom is -0.503 e. The Morgan fingerprint density at radius 2 is 2.38 bits per heavy atom. The van der Waals surface area contributed by atoms with Crippen LogP contribution in [0.5, 0.6) is 5.75 Å². The molecule has 1 N–H and O–H groups in total. The van der Waals surface area contributed by atoms with Gasteiger partial charge in [-0.2, -0.15) is 0 Å². The van der Waals surface area contributed by atoms with E-state index in [-0.39, 0.29) is 5.75 Å². The van der Waals surface area contributed by atoms with Crippen LogP contribution in [0, 0.1) is 0 Å². The summed E-state index contributed by atoms with van der Waals surface area (Å²) in [6.07, 6.45) is 3.38. The van der Waals surface area contributed by atoms with Gasteiger partial charge in [-0.15, -0.1) is 0 Å². The molecule has 0 amide bonds. The van der Waals surface area contributed by atoms with E-state index in [9.17, 15) is 0 Å². The predicted octanol–water partition coefficient (Wildman–Crippen LogP) is 0.864. The molecule has 0 spiro atoms. The highest BCUT2D eigenvalue weighted by molar-refractivity contribution is 5.79. The molecule has 0 radical (unpaired) electrons. The molecule has 0 aromatic carbocycles. The molecular formula is C5H3NO2. The molecule has 2 bridgehead atoms. The first-order chi connectivity index (χ1) is 3.88.